The number of amides is 8. The molecule has 1 saturated heterocycles. The number of carbonyl (C=O) groups is 7. The Bertz CT molecular complexity index is 1830. The third-order valence-corrected chi connectivity index (χ3v) is 12.9. The summed E-state index contributed by atoms with van der Waals surface area (Å²) in [5.41, 5.74) is 6.55. The Morgan fingerprint density at radius 1 is 0.623 bits per heavy atom. The number of unbranched alkanes of at least 4 members (excludes halogenated alkanes) is 3. The molecule has 440 valence electrons. The smallest absolute Gasteiger partial charge is 0.312 e. The number of likely N-dealkylation sites (tertiary alicyclic amines) is 1. The Labute approximate surface area is 457 Å². The van der Waals surface area contributed by atoms with Gasteiger partial charge in [-0.05, 0) is 56.1 Å². The second-order valence-electron chi connectivity index (χ2n) is 19.7. The first-order valence-corrected chi connectivity index (χ1v) is 27.8. The maximum Gasteiger partial charge on any atom is 0.312 e. The number of urea groups is 1. The second-order valence-corrected chi connectivity index (χ2v) is 19.7. The van der Waals surface area contributed by atoms with Crippen molar-refractivity contribution >= 4 is 47.2 Å². The lowest BCUT2D eigenvalue weighted by molar-refractivity contribution is -0.141. The average Bonchev–Trinajstić information content (AvgIpc) is 3.69. The van der Waals surface area contributed by atoms with Gasteiger partial charge >= 0.3 is 6.03 Å². The van der Waals surface area contributed by atoms with E-state index in [2.05, 4.69) is 47.4 Å². The summed E-state index contributed by atoms with van der Waals surface area (Å²) in [6, 6.07) is 4.73. The zero-order valence-electron chi connectivity index (χ0n) is 47.2. The molecule has 8 amide bonds. The van der Waals surface area contributed by atoms with Crippen molar-refractivity contribution in [2.45, 2.75) is 131 Å². The SMILES string of the molecule is CCCCCCC(C)(CCC)C1CC(=O)N(CCC(=O)NCCOCCOCCOCCOCCOCCOCCOCCOCCC(=O)N[C@H](C(=O)N[C@@H](CCCNC(N)=O)C(=O)Nc2ccc(C)cc2)C(C)C)C1=O. The van der Waals surface area contributed by atoms with Crippen LogP contribution in [0.4, 0.5) is 10.5 Å². The van der Waals surface area contributed by atoms with Crippen molar-refractivity contribution in [1.82, 2.24) is 26.2 Å². The van der Waals surface area contributed by atoms with Crippen LogP contribution < -0.4 is 32.3 Å². The normalized spacial score (nSPS) is 15.1. The third-order valence-electron chi connectivity index (χ3n) is 12.9. The Kier molecular flexibility index (Phi) is 37.4. The molecule has 1 aromatic carbocycles. The van der Waals surface area contributed by atoms with E-state index in [0.717, 1.165) is 44.1 Å². The van der Waals surface area contributed by atoms with Crippen LogP contribution in [0, 0.1) is 24.2 Å². The molecule has 77 heavy (non-hydrogen) atoms. The van der Waals surface area contributed by atoms with Gasteiger partial charge in [-0.1, -0.05) is 84.4 Å². The van der Waals surface area contributed by atoms with Crippen molar-refractivity contribution in [2.24, 2.45) is 23.0 Å². The molecule has 1 aliphatic heterocycles. The van der Waals surface area contributed by atoms with E-state index in [1.165, 1.54) is 11.3 Å². The number of nitrogens with two attached hydrogens (primary N) is 1. The van der Waals surface area contributed by atoms with Crippen molar-refractivity contribution in [2.75, 3.05) is 131 Å². The Hall–Kier alpha value is -4.81. The molecule has 22 heteroatoms. The molecule has 22 nitrogen and oxygen atoms in total. The van der Waals surface area contributed by atoms with E-state index in [4.69, 9.17) is 43.6 Å². The van der Waals surface area contributed by atoms with Gasteiger partial charge in [0.2, 0.25) is 35.4 Å². The first-order chi connectivity index (χ1) is 37.1. The van der Waals surface area contributed by atoms with E-state index in [1.54, 1.807) is 26.0 Å². The second kappa shape index (κ2) is 42.2. The fourth-order valence-electron chi connectivity index (χ4n) is 8.53. The van der Waals surface area contributed by atoms with E-state index >= 15 is 0 Å². The van der Waals surface area contributed by atoms with Crippen LogP contribution in [0.3, 0.4) is 0 Å². The number of nitrogens with one attached hydrogen (secondary N) is 5. The summed E-state index contributed by atoms with van der Waals surface area (Å²) >= 11 is 0. The molecule has 4 atom stereocenters. The lowest BCUT2D eigenvalue weighted by atomic mass is 9.69. The van der Waals surface area contributed by atoms with E-state index in [1.807, 2.05) is 19.1 Å². The minimum Gasteiger partial charge on any atom is -0.379 e. The fourth-order valence-corrected chi connectivity index (χ4v) is 8.53. The van der Waals surface area contributed by atoms with Gasteiger partial charge < -0.3 is 70.2 Å². The molecular formula is C55H95N7O15. The summed E-state index contributed by atoms with van der Waals surface area (Å²) in [6.45, 7) is 18.4. The molecule has 0 aromatic heterocycles. The molecule has 0 bridgehead atoms. The molecule has 1 heterocycles. The lowest BCUT2D eigenvalue weighted by Gasteiger charge is -2.34. The zero-order chi connectivity index (χ0) is 56.5. The standard InChI is InChI=1S/C55H95N7O15/c1-7-9-10-11-21-55(6,20-8-2)45-41-49(65)62(53(45)68)24-18-47(63)57-23-26-71-28-30-73-32-34-75-36-38-77-40-39-76-37-35-74-33-31-72-29-27-70-25-19-48(64)61-50(42(3)4)52(67)60-46(13-12-22-58-54(56)69)51(66)59-44-16-14-43(5)15-17-44/h14-17,42,45-46,50H,7-13,18-41H2,1-6H3,(H,57,63)(H,59,66)(H,60,67)(H,61,64)(H3,56,58,69)/t45?,46-,50-,55?/m0/s1. The number of anilines is 1. The van der Waals surface area contributed by atoms with Crippen LogP contribution in [-0.2, 0) is 66.7 Å². The molecular weight excluding hydrogens is 999 g/mol. The number of ether oxygens (including phenoxy) is 8. The number of imide groups is 1. The molecule has 0 spiro atoms. The van der Waals surface area contributed by atoms with E-state index < -0.39 is 29.9 Å². The molecule has 1 aliphatic rings. The number of hydrogen-bond donors (Lipinski definition) is 6. The molecule has 2 unspecified atom stereocenters. The Balaban J connectivity index is 1.38. The Morgan fingerprint density at radius 3 is 1.66 bits per heavy atom. The lowest BCUT2D eigenvalue weighted by Crippen LogP contribution is -2.54. The summed E-state index contributed by atoms with van der Waals surface area (Å²) in [7, 11) is 0. The third kappa shape index (κ3) is 31.4. The molecule has 2 rings (SSSR count). The van der Waals surface area contributed by atoms with Crippen molar-refractivity contribution in [3.05, 3.63) is 29.8 Å². The minimum absolute atomic E-state index is 0.0224. The molecule has 0 saturated carbocycles. The maximum absolute atomic E-state index is 13.4. The summed E-state index contributed by atoms with van der Waals surface area (Å²) in [5.74, 6) is -2.44. The zero-order valence-corrected chi connectivity index (χ0v) is 47.2. The van der Waals surface area contributed by atoms with Gasteiger partial charge in [0.05, 0.1) is 112 Å². The van der Waals surface area contributed by atoms with Crippen LogP contribution >= 0.6 is 0 Å². The minimum atomic E-state index is -0.929. The number of primary amides is 1. The van der Waals surface area contributed by atoms with E-state index in [9.17, 15) is 33.6 Å². The topological polar surface area (TPSA) is 283 Å². The van der Waals surface area contributed by atoms with E-state index in [0.29, 0.717) is 111 Å². The van der Waals surface area contributed by atoms with Crippen LogP contribution in [0.25, 0.3) is 0 Å². The monoisotopic (exact) mass is 1090 g/mol. The van der Waals surface area contributed by atoms with Gasteiger partial charge in [-0.3, -0.25) is 33.7 Å². The van der Waals surface area contributed by atoms with Gasteiger partial charge in [0.15, 0.2) is 0 Å². The van der Waals surface area contributed by atoms with Crippen LogP contribution in [-0.4, -0.2) is 184 Å². The Morgan fingerprint density at radius 2 is 1.16 bits per heavy atom. The van der Waals surface area contributed by atoms with Crippen molar-refractivity contribution < 1.29 is 71.5 Å². The number of benzene rings is 1. The van der Waals surface area contributed by atoms with Crippen molar-refractivity contribution in [3.63, 3.8) is 0 Å². The largest absolute Gasteiger partial charge is 0.379 e. The number of aryl methyl sites for hydroxylation is 1. The summed E-state index contributed by atoms with van der Waals surface area (Å²) in [5, 5.41) is 13.6. The van der Waals surface area contributed by atoms with Crippen molar-refractivity contribution in [3.8, 4) is 0 Å². The molecule has 7 N–H and O–H groups in total. The van der Waals surface area contributed by atoms with Gasteiger partial charge in [-0.25, -0.2) is 4.79 Å². The average molecular weight is 1090 g/mol. The summed E-state index contributed by atoms with van der Waals surface area (Å²) in [6.07, 6.45) is 8.25. The number of carbonyl (C=O) groups excluding carboxylic acids is 7. The van der Waals surface area contributed by atoms with Crippen LogP contribution in [0.15, 0.2) is 24.3 Å². The van der Waals surface area contributed by atoms with Crippen LogP contribution in [0.1, 0.15) is 117 Å². The van der Waals surface area contributed by atoms with Crippen LogP contribution in [0.2, 0.25) is 0 Å². The molecule has 1 aromatic rings. The first-order valence-electron chi connectivity index (χ1n) is 27.8. The highest BCUT2D eigenvalue weighted by molar-refractivity contribution is 6.04. The number of rotatable bonds is 48. The highest BCUT2D eigenvalue weighted by Gasteiger charge is 2.47. The molecule has 0 radical (unpaired) electrons. The van der Waals surface area contributed by atoms with Gasteiger partial charge in [-0.15, -0.1) is 0 Å². The molecule has 0 aliphatic carbocycles. The van der Waals surface area contributed by atoms with Gasteiger partial charge in [0.25, 0.3) is 0 Å². The predicted molar refractivity (Wildman–Crippen MR) is 291 cm³/mol. The summed E-state index contributed by atoms with van der Waals surface area (Å²) < 4.78 is 44.2. The quantitative estimate of drug-likeness (QED) is 0.0394. The van der Waals surface area contributed by atoms with Gasteiger partial charge in [0, 0.05) is 44.6 Å². The van der Waals surface area contributed by atoms with E-state index in [-0.39, 0.29) is 92.9 Å². The highest BCUT2D eigenvalue weighted by Crippen LogP contribution is 2.44. The van der Waals surface area contributed by atoms with Gasteiger partial charge in [-0.2, -0.15) is 0 Å². The molecule has 1 fully saturated rings. The van der Waals surface area contributed by atoms with Crippen LogP contribution in [0.5, 0.6) is 0 Å². The van der Waals surface area contributed by atoms with Gasteiger partial charge in [0.1, 0.15) is 12.1 Å². The fraction of sp³-hybridized carbons (Fsp3) is 0.764. The number of nitrogens with zero attached hydrogens (tertiary/aromatic N) is 1. The number of hydrogen-bond acceptors (Lipinski definition) is 15. The predicted octanol–water partition coefficient (Wildman–Crippen LogP) is 4.19. The maximum atomic E-state index is 13.4. The van der Waals surface area contributed by atoms with Crippen molar-refractivity contribution in [1.29, 1.82) is 0 Å². The first kappa shape index (κ1) is 68.3. The summed E-state index contributed by atoms with van der Waals surface area (Å²) in [4.78, 5) is 90.2. The highest BCUT2D eigenvalue weighted by atomic mass is 16.6.